The molecule has 0 bridgehead atoms. The molecule has 31 heavy (non-hydrogen) atoms. The smallest absolute Gasteiger partial charge is 0.433 e. The molecule has 1 aliphatic carbocycles. The van der Waals surface area contributed by atoms with Crippen LogP contribution in [-0.2, 0) is 13.2 Å². The number of hydrogen-bond acceptors (Lipinski definition) is 8. The Labute approximate surface area is 176 Å². The second-order valence-electron chi connectivity index (χ2n) is 7.81. The molecule has 4 rings (SSSR count). The van der Waals surface area contributed by atoms with Gasteiger partial charge in [0.1, 0.15) is 18.0 Å². The van der Waals surface area contributed by atoms with E-state index in [4.69, 9.17) is 4.74 Å². The van der Waals surface area contributed by atoms with E-state index in [9.17, 15) is 18.0 Å². The topological polar surface area (TPSA) is 89.3 Å². The van der Waals surface area contributed by atoms with Crippen molar-refractivity contribution in [2.75, 3.05) is 31.1 Å². The molecule has 168 valence electrons. The first-order valence-electron chi connectivity index (χ1n) is 10.3. The van der Waals surface area contributed by atoms with E-state index in [1.165, 1.54) is 13.2 Å². The Morgan fingerprint density at radius 3 is 2.42 bits per heavy atom. The van der Waals surface area contributed by atoms with Crippen LogP contribution in [0, 0.1) is 0 Å². The molecule has 0 aromatic carbocycles. The zero-order valence-electron chi connectivity index (χ0n) is 17.1. The van der Waals surface area contributed by atoms with Gasteiger partial charge in [-0.2, -0.15) is 23.3 Å². The van der Waals surface area contributed by atoms with Crippen LogP contribution in [0.2, 0.25) is 0 Å². The first kappa shape index (κ1) is 21.5. The lowest BCUT2D eigenvalue weighted by atomic mass is 9.91. The highest BCUT2D eigenvalue weighted by Crippen LogP contribution is 2.29. The number of nitrogens with zero attached hydrogens (tertiary/aromatic N) is 7. The highest BCUT2D eigenvalue weighted by atomic mass is 19.4. The van der Waals surface area contributed by atoms with E-state index in [1.807, 2.05) is 0 Å². The minimum Gasteiger partial charge on any atom is -0.473 e. The summed E-state index contributed by atoms with van der Waals surface area (Å²) in [6.45, 7) is 2.66. The van der Waals surface area contributed by atoms with Crippen molar-refractivity contribution in [1.29, 1.82) is 0 Å². The quantitative estimate of drug-likeness (QED) is 0.708. The summed E-state index contributed by atoms with van der Waals surface area (Å²) in [4.78, 5) is 27.3. The standard InChI is InChI=1S/C19H24F3N7O2/c1-27-18(30)26-16(12-24-27)31-14-4-2-13(3-5-14)28-8-10-29(11-9-28)17-23-7-6-15(25-17)19(20,21)22/h6-7,12-14H,2-5,8-11H2,1H3/t13-,14-. The first-order chi connectivity index (χ1) is 14.8. The Bertz CT molecular complexity index is 952. The third kappa shape index (κ3) is 5.12. The molecule has 0 radical (unpaired) electrons. The molecule has 2 aliphatic rings. The summed E-state index contributed by atoms with van der Waals surface area (Å²) in [5.41, 5.74) is -1.37. The van der Waals surface area contributed by atoms with E-state index in [1.54, 1.807) is 4.90 Å². The van der Waals surface area contributed by atoms with Crippen molar-refractivity contribution in [2.24, 2.45) is 7.05 Å². The monoisotopic (exact) mass is 439 g/mol. The molecule has 1 saturated carbocycles. The summed E-state index contributed by atoms with van der Waals surface area (Å²) in [6, 6.07) is 1.29. The van der Waals surface area contributed by atoms with Crippen molar-refractivity contribution in [1.82, 2.24) is 29.6 Å². The Kier molecular flexibility index (Phi) is 6.08. The number of halogens is 3. The predicted molar refractivity (Wildman–Crippen MR) is 105 cm³/mol. The molecule has 2 fully saturated rings. The molecule has 3 heterocycles. The lowest BCUT2D eigenvalue weighted by molar-refractivity contribution is -0.141. The van der Waals surface area contributed by atoms with Crippen LogP contribution in [0.15, 0.2) is 23.3 Å². The number of ether oxygens (including phenoxy) is 1. The molecule has 0 spiro atoms. The Hall–Kier alpha value is -2.76. The highest BCUT2D eigenvalue weighted by molar-refractivity contribution is 5.31. The minimum absolute atomic E-state index is 0.00236. The van der Waals surface area contributed by atoms with Crippen LogP contribution < -0.4 is 15.3 Å². The van der Waals surface area contributed by atoms with Crippen LogP contribution >= 0.6 is 0 Å². The molecule has 1 aliphatic heterocycles. The molecule has 0 atom stereocenters. The summed E-state index contributed by atoms with van der Waals surface area (Å²) < 4.78 is 45.7. The van der Waals surface area contributed by atoms with Crippen LogP contribution in [0.1, 0.15) is 31.4 Å². The fourth-order valence-electron chi connectivity index (χ4n) is 4.08. The van der Waals surface area contributed by atoms with Gasteiger partial charge >= 0.3 is 11.9 Å². The van der Waals surface area contributed by atoms with Gasteiger partial charge in [0.05, 0.1) is 0 Å². The minimum atomic E-state index is -4.47. The van der Waals surface area contributed by atoms with E-state index >= 15 is 0 Å². The molecule has 0 N–H and O–H groups in total. The van der Waals surface area contributed by atoms with Crippen LogP contribution in [-0.4, -0.2) is 68.0 Å². The van der Waals surface area contributed by atoms with Gasteiger partial charge in [-0.1, -0.05) is 0 Å². The van der Waals surface area contributed by atoms with Gasteiger partial charge in [0.15, 0.2) is 0 Å². The number of alkyl halides is 3. The predicted octanol–water partition coefficient (Wildman–Crippen LogP) is 1.50. The Morgan fingerprint density at radius 1 is 1.06 bits per heavy atom. The van der Waals surface area contributed by atoms with E-state index in [-0.39, 0.29) is 17.9 Å². The molecule has 0 amide bonds. The van der Waals surface area contributed by atoms with Gasteiger partial charge in [0, 0.05) is 45.5 Å². The average Bonchev–Trinajstić information content (AvgIpc) is 2.77. The summed E-state index contributed by atoms with van der Waals surface area (Å²) in [5, 5.41) is 3.91. The van der Waals surface area contributed by atoms with E-state index < -0.39 is 17.6 Å². The molecule has 9 nitrogen and oxygen atoms in total. The van der Waals surface area contributed by atoms with E-state index in [0.717, 1.165) is 55.7 Å². The van der Waals surface area contributed by atoms with E-state index in [0.29, 0.717) is 19.1 Å². The van der Waals surface area contributed by atoms with Gasteiger partial charge in [0.25, 0.3) is 0 Å². The second-order valence-corrected chi connectivity index (χ2v) is 7.81. The summed E-state index contributed by atoms with van der Waals surface area (Å²) >= 11 is 0. The van der Waals surface area contributed by atoms with Gasteiger partial charge in [-0.05, 0) is 31.7 Å². The lowest BCUT2D eigenvalue weighted by Gasteiger charge is -2.41. The molecule has 2 aromatic heterocycles. The van der Waals surface area contributed by atoms with Crippen molar-refractivity contribution < 1.29 is 17.9 Å². The molecule has 2 aromatic rings. The molecule has 0 unspecified atom stereocenters. The first-order valence-corrected chi connectivity index (χ1v) is 10.3. The molecular formula is C19H24F3N7O2. The van der Waals surface area contributed by atoms with Crippen molar-refractivity contribution in [3.63, 3.8) is 0 Å². The summed E-state index contributed by atoms with van der Waals surface area (Å²) in [7, 11) is 1.53. The third-order valence-corrected chi connectivity index (χ3v) is 5.80. The summed E-state index contributed by atoms with van der Waals surface area (Å²) in [5.74, 6) is 0.378. The molecule has 12 heteroatoms. The lowest BCUT2D eigenvalue weighted by Crippen LogP contribution is -2.52. The Morgan fingerprint density at radius 2 is 1.77 bits per heavy atom. The maximum absolute atomic E-state index is 12.9. The number of aryl methyl sites for hydroxylation is 1. The van der Waals surface area contributed by atoms with Crippen molar-refractivity contribution in [3.05, 3.63) is 34.6 Å². The normalized spacial score (nSPS) is 23.0. The fraction of sp³-hybridized carbons (Fsp3) is 0.632. The maximum Gasteiger partial charge on any atom is 0.433 e. The van der Waals surface area contributed by atoms with Gasteiger partial charge in [-0.3, -0.25) is 4.90 Å². The third-order valence-electron chi connectivity index (χ3n) is 5.80. The SMILES string of the molecule is Cn1ncc(O[C@H]2CC[C@H](N3CCN(c4nccc(C(F)(F)F)n4)CC3)CC2)nc1=O. The highest BCUT2D eigenvalue weighted by Gasteiger charge is 2.34. The van der Waals surface area contributed by atoms with Crippen molar-refractivity contribution in [2.45, 2.75) is 44.0 Å². The average molecular weight is 439 g/mol. The Balaban J connectivity index is 1.27. The number of rotatable bonds is 4. The van der Waals surface area contributed by atoms with Crippen LogP contribution in [0.4, 0.5) is 19.1 Å². The van der Waals surface area contributed by atoms with Gasteiger partial charge < -0.3 is 9.64 Å². The summed E-state index contributed by atoms with van der Waals surface area (Å²) in [6.07, 6.45) is 1.72. The number of hydrogen-bond donors (Lipinski definition) is 0. The number of aromatic nitrogens is 5. The van der Waals surface area contributed by atoms with Crippen LogP contribution in [0.5, 0.6) is 5.88 Å². The zero-order valence-corrected chi connectivity index (χ0v) is 17.1. The molecular weight excluding hydrogens is 415 g/mol. The van der Waals surface area contributed by atoms with Crippen LogP contribution in [0.25, 0.3) is 0 Å². The maximum atomic E-state index is 12.9. The van der Waals surface area contributed by atoms with Crippen molar-refractivity contribution in [3.8, 4) is 5.88 Å². The largest absolute Gasteiger partial charge is 0.473 e. The number of anilines is 1. The zero-order chi connectivity index (χ0) is 22.0. The van der Waals surface area contributed by atoms with Crippen LogP contribution in [0.3, 0.4) is 0 Å². The molecule has 1 saturated heterocycles. The van der Waals surface area contributed by atoms with Gasteiger partial charge in [-0.25, -0.2) is 19.4 Å². The van der Waals surface area contributed by atoms with Crippen molar-refractivity contribution >= 4 is 5.95 Å². The second kappa shape index (κ2) is 8.77. The van der Waals surface area contributed by atoms with Gasteiger partial charge in [0.2, 0.25) is 11.8 Å². The van der Waals surface area contributed by atoms with Gasteiger partial charge in [-0.15, -0.1) is 0 Å². The van der Waals surface area contributed by atoms with E-state index in [2.05, 4.69) is 25.0 Å². The number of piperazine rings is 1. The fourth-order valence-corrected chi connectivity index (χ4v) is 4.08.